The summed E-state index contributed by atoms with van der Waals surface area (Å²) in [7, 11) is 0. The van der Waals surface area contributed by atoms with Gasteiger partial charge in [0.25, 0.3) is 5.91 Å². The smallest absolute Gasteiger partial charge is 0.349 e. The van der Waals surface area contributed by atoms with Gasteiger partial charge in [0.15, 0.2) is 0 Å². The van der Waals surface area contributed by atoms with Gasteiger partial charge in [-0.15, -0.1) is 0 Å². The third-order valence-electron chi connectivity index (χ3n) is 5.06. The van der Waals surface area contributed by atoms with Crippen molar-refractivity contribution in [3.8, 4) is 5.75 Å². The molecule has 1 aromatic heterocycles. The quantitative estimate of drug-likeness (QED) is 0.530. The highest BCUT2D eigenvalue weighted by Gasteiger charge is 2.18. The van der Waals surface area contributed by atoms with Gasteiger partial charge in [0.05, 0.1) is 6.10 Å². The Morgan fingerprint density at radius 2 is 1.90 bits per heavy atom. The third-order valence-corrected chi connectivity index (χ3v) is 5.06. The molecule has 3 rings (SSSR count). The molecule has 6 heteroatoms. The second kappa shape index (κ2) is 9.59. The van der Waals surface area contributed by atoms with E-state index in [9.17, 15) is 9.59 Å². The van der Waals surface area contributed by atoms with Gasteiger partial charge in [-0.2, -0.15) is 0 Å². The van der Waals surface area contributed by atoms with Gasteiger partial charge in [-0.3, -0.25) is 4.79 Å². The van der Waals surface area contributed by atoms with E-state index in [-0.39, 0.29) is 11.7 Å². The first-order valence-corrected chi connectivity index (χ1v) is 10.3. The summed E-state index contributed by atoms with van der Waals surface area (Å²) in [6, 6.07) is 12.4. The van der Waals surface area contributed by atoms with Gasteiger partial charge in [0, 0.05) is 23.2 Å². The highest BCUT2D eigenvalue weighted by molar-refractivity contribution is 6.05. The Morgan fingerprint density at radius 3 is 2.53 bits per heavy atom. The molecule has 0 aliphatic carbocycles. The number of hydrogen-bond acceptors (Lipinski definition) is 5. The Labute approximate surface area is 176 Å². The maximum absolute atomic E-state index is 12.7. The second-order valence-electron chi connectivity index (χ2n) is 7.35. The molecular weight excluding hydrogens is 380 g/mol. The van der Waals surface area contributed by atoms with Crippen LogP contribution in [0.3, 0.4) is 0 Å². The Bertz CT molecular complexity index is 1090. The zero-order chi connectivity index (χ0) is 21.7. The van der Waals surface area contributed by atoms with Gasteiger partial charge in [-0.1, -0.05) is 32.4 Å². The molecule has 0 aliphatic rings. The fourth-order valence-corrected chi connectivity index (χ4v) is 3.20. The van der Waals surface area contributed by atoms with Gasteiger partial charge in [-0.05, 0) is 55.7 Å². The van der Waals surface area contributed by atoms with Crippen LogP contribution in [0.2, 0.25) is 0 Å². The zero-order valence-electron chi connectivity index (χ0n) is 17.7. The average Bonchev–Trinajstić information content (AvgIpc) is 2.75. The van der Waals surface area contributed by atoms with Crippen molar-refractivity contribution >= 4 is 22.6 Å². The van der Waals surface area contributed by atoms with Crippen molar-refractivity contribution in [2.75, 3.05) is 5.32 Å². The fourth-order valence-electron chi connectivity index (χ4n) is 3.20. The number of anilines is 1. The van der Waals surface area contributed by atoms with E-state index in [1.165, 1.54) is 0 Å². The van der Waals surface area contributed by atoms with Crippen molar-refractivity contribution in [3.05, 3.63) is 69.6 Å². The molecule has 2 aromatic carbocycles. The molecule has 158 valence electrons. The number of rotatable bonds is 8. The highest BCUT2D eigenvalue weighted by Crippen LogP contribution is 2.30. The third kappa shape index (κ3) is 4.71. The minimum atomic E-state index is -0.670. The van der Waals surface area contributed by atoms with Gasteiger partial charge in [0.2, 0.25) is 0 Å². The highest BCUT2D eigenvalue weighted by atomic mass is 16.5. The number of carbonyl (C=O) groups is 1. The van der Waals surface area contributed by atoms with Gasteiger partial charge >= 0.3 is 5.63 Å². The molecule has 1 amide bonds. The minimum absolute atomic E-state index is 0.0385. The molecular formula is C24H28N2O4. The van der Waals surface area contributed by atoms with E-state index in [2.05, 4.69) is 19.2 Å². The van der Waals surface area contributed by atoms with E-state index in [1.807, 2.05) is 31.2 Å². The number of amides is 1. The number of nitrogens with one attached hydrogen (secondary N) is 1. The number of fused-ring (bicyclic) bond motifs is 1. The van der Waals surface area contributed by atoms with Crippen LogP contribution in [-0.4, -0.2) is 12.0 Å². The van der Waals surface area contributed by atoms with E-state index in [1.54, 1.807) is 18.2 Å². The summed E-state index contributed by atoms with van der Waals surface area (Å²) in [5.41, 5.74) is 7.76. The van der Waals surface area contributed by atoms with Crippen LogP contribution < -0.4 is 21.4 Å². The summed E-state index contributed by atoms with van der Waals surface area (Å²) in [6.45, 7) is 6.54. The lowest BCUT2D eigenvalue weighted by Crippen LogP contribution is -2.21. The summed E-state index contributed by atoms with van der Waals surface area (Å²) < 4.78 is 11.6. The lowest BCUT2D eigenvalue weighted by atomic mass is 10.0. The van der Waals surface area contributed by atoms with Crippen LogP contribution in [0, 0.1) is 0 Å². The number of aryl methyl sites for hydroxylation is 1. The van der Waals surface area contributed by atoms with Crippen molar-refractivity contribution in [1.82, 2.24) is 0 Å². The van der Waals surface area contributed by atoms with Crippen molar-refractivity contribution in [2.45, 2.75) is 52.7 Å². The van der Waals surface area contributed by atoms with Crippen LogP contribution in [0.4, 0.5) is 5.69 Å². The van der Waals surface area contributed by atoms with Gasteiger partial charge in [-0.25, -0.2) is 4.79 Å². The van der Waals surface area contributed by atoms with Gasteiger partial charge in [0.1, 0.15) is 16.9 Å². The molecule has 1 atom stereocenters. The normalized spacial score (nSPS) is 12.0. The number of hydrogen-bond donors (Lipinski definition) is 2. The molecule has 6 nitrogen and oxygen atoms in total. The van der Waals surface area contributed by atoms with E-state index < -0.39 is 11.5 Å². The van der Waals surface area contributed by atoms with Crippen molar-refractivity contribution in [2.24, 2.45) is 5.73 Å². The minimum Gasteiger partial charge on any atom is -0.490 e. The number of ether oxygens (including phenoxy) is 1. The SMILES string of the molecule is CCCc1c(O[C@H](C)CC)ccc2cc(C(=O)Nc3ccc(CN)cc3)c(=O)oc12. The maximum Gasteiger partial charge on any atom is 0.349 e. The lowest BCUT2D eigenvalue weighted by molar-refractivity contribution is 0.102. The van der Waals surface area contributed by atoms with Crippen LogP contribution in [-0.2, 0) is 13.0 Å². The Kier molecular flexibility index (Phi) is 6.90. The number of carbonyl (C=O) groups excluding carboxylic acids is 1. The molecule has 1 heterocycles. The van der Waals surface area contributed by atoms with E-state index >= 15 is 0 Å². The summed E-state index contributed by atoms with van der Waals surface area (Å²) in [5.74, 6) is 0.210. The Hall–Kier alpha value is -3.12. The fraction of sp³-hybridized carbons (Fsp3) is 0.333. The molecule has 3 N–H and O–H groups in total. The summed E-state index contributed by atoms with van der Waals surface area (Å²) in [4.78, 5) is 25.3. The van der Waals surface area contributed by atoms with Crippen LogP contribution in [0.15, 0.2) is 51.7 Å². The Morgan fingerprint density at radius 1 is 1.17 bits per heavy atom. The molecule has 3 aromatic rings. The summed E-state index contributed by atoms with van der Waals surface area (Å²) in [6.07, 6.45) is 2.52. The van der Waals surface area contributed by atoms with Crippen LogP contribution in [0.5, 0.6) is 5.75 Å². The van der Waals surface area contributed by atoms with Crippen LogP contribution in [0.1, 0.15) is 55.1 Å². The molecule has 0 spiro atoms. The number of nitrogens with two attached hydrogens (primary N) is 1. The van der Waals surface area contributed by atoms with Crippen molar-refractivity contribution < 1.29 is 13.9 Å². The van der Waals surface area contributed by atoms with Gasteiger partial charge < -0.3 is 20.2 Å². The summed E-state index contributed by atoms with van der Waals surface area (Å²) >= 11 is 0. The molecule has 0 aliphatic heterocycles. The largest absolute Gasteiger partial charge is 0.490 e. The monoisotopic (exact) mass is 408 g/mol. The van der Waals surface area contributed by atoms with Crippen LogP contribution >= 0.6 is 0 Å². The first-order valence-electron chi connectivity index (χ1n) is 10.3. The van der Waals surface area contributed by atoms with E-state index in [4.69, 9.17) is 14.9 Å². The predicted molar refractivity (Wildman–Crippen MR) is 119 cm³/mol. The lowest BCUT2D eigenvalue weighted by Gasteiger charge is -2.17. The van der Waals surface area contributed by atoms with Crippen LogP contribution in [0.25, 0.3) is 11.0 Å². The first kappa shape index (κ1) is 21.6. The average molecular weight is 408 g/mol. The predicted octanol–water partition coefficient (Wildman–Crippen LogP) is 4.63. The van der Waals surface area contributed by atoms with E-state index in [0.29, 0.717) is 29.6 Å². The molecule has 0 saturated carbocycles. The number of benzene rings is 2. The molecule has 0 saturated heterocycles. The molecule has 30 heavy (non-hydrogen) atoms. The topological polar surface area (TPSA) is 94.6 Å². The summed E-state index contributed by atoms with van der Waals surface area (Å²) in [5, 5.41) is 3.43. The molecule has 0 fully saturated rings. The first-order chi connectivity index (χ1) is 14.5. The second-order valence-corrected chi connectivity index (χ2v) is 7.35. The Balaban J connectivity index is 1.97. The zero-order valence-corrected chi connectivity index (χ0v) is 17.7. The van der Waals surface area contributed by atoms with Crippen molar-refractivity contribution in [3.63, 3.8) is 0 Å². The standard InChI is InChI=1S/C24H28N2O4/c1-4-6-19-21(29-15(3)5-2)12-9-17-13-20(24(28)30-22(17)19)23(27)26-18-10-7-16(14-25)8-11-18/h7-13,15H,4-6,14,25H2,1-3H3,(H,26,27)/t15-/m1/s1. The molecule has 0 unspecified atom stereocenters. The molecule has 0 radical (unpaired) electrons. The maximum atomic E-state index is 12.7. The van der Waals surface area contributed by atoms with E-state index in [0.717, 1.165) is 29.7 Å². The molecule has 0 bridgehead atoms. The van der Waals surface area contributed by atoms with Crippen molar-refractivity contribution in [1.29, 1.82) is 0 Å².